The van der Waals surface area contributed by atoms with E-state index in [1.807, 2.05) is 56.7 Å². The van der Waals surface area contributed by atoms with Gasteiger partial charge in [-0.15, -0.1) is 68.0 Å². The molecule has 2 unspecified atom stereocenters. The molecule has 0 aliphatic rings. The highest BCUT2D eigenvalue weighted by Crippen LogP contribution is 2.56. The maximum absolute atomic E-state index is 13.8. The van der Waals surface area contributed by atoms with E-state index in [9.17, 15) is 4.79 Å². The third kappa shape index (κ3) is 10.9. The van der Waals surface area contributed by atoms with Crippen molar-refractivity contribution in [3.05, 3.63) is 66.9 Å². The third-order valence-electron chi connectivity index (χ3n) is 12.8. The smallest absolute Gasteiger partial charge is 0.172 e. The molecule has 0 bridgehead atoms. The monoisotopic (exact) mass is 942 g/mol. The van der Waals surface area contributed by atoms with Crippen molar-refractivity contribution in [2.75, 3.05) is 13.7 Å². The van der Waals surface area contributed by atoms with Crippen LogP contribution in [0.4, 0.5) is 0 Å². The Morgan fingerprint density at radius 2 is 1.19 bits per heavy atom. The molecule has 334 valence electrons. The molecule has 2 nitrogen and oxygen atoms in total. The second-order valence-electron chi connectivity index (χ2n) is 18.8. The first-order chi connectivity index (χ1) is 30.0. The molecule has 0 spiro atoms. The van der Waals surface area contributed by atoms with Crippen molar-refractivity contribution >= 4 is 104 Å². The highest BCUT2D eigenvalue weighted by Gasteiger charge is 2.29. The summed E-state index contributed by atoms with van der Waals surface area (Å²) in [5.41, 5.74) is 2.82. The zero-order valence-corrected chi connectivity index (χ0v) is 43.9. The summed E-state index contributed by atoms with van der Waals surface area (Å²) in [6, 6.07) is 17.0. The molecule has 6 heterocycles. The van der Waals surface area contributed by atoms with Gasteiger partial charge in [0.1, 0.15) is 0 Å². The van der Waals surface area contributed by atoms with E-state index >= 15 is 0 Å². The van der Waals surface area contributed by atoms with E-state index in [0.717, 1.165) is 49.0 Å². The quantitative estimate of drug-likeness (QED) is 0.0446. The van der Waals surface area contributed by atoms with Gasteiger partial charge in [0.2, 0.25) is 0 Å². The predicted molar refractivity (Wildman–Crippen MR) is 284 cm³/mol. The standard InChI is InChI=1S/C54H70O2S6/c1-10-14-21-35(12-3)30-37-24-26-43(58-37)47-39-29-34(5)57-49(39)48(44-27-25-38(59-44)31-36(13-4)22-15-11-2)40-32-46(61-50(40)47)52-51-41(53(62-52)54(6,7)8)33-45(60-51)42(55)23-19-17-16-18-20-28-56-9/h24-27,29,32-33,35-36H,10-23,28,30-31H2,1-9H3. The summed E-state index contributed by atoms with van der Waals surface area (Å²) in [4.78, 5) is 26.0. The Bertz CT molecular complexity index is 2430. The van der Waals surface area contributed by atoms with Gasteiger partial charge in [0.25, 0.3) is 0 Å². The van der Waals surface area contributed by atoms with Gasteiger partial charge in [-0.2, -0.15) is 0 Å². The second-order valence-corrected chi connectivity index (χ2v) is 25.5. The molecule has 7 rings (SSSR count). The number of unbranched alkanes of at least 4 members (excludes halogenated alkanes) is 6. The first kappa shape index (κ1) is 47.8. The van der Waals surface area contributed by atoms with E-state index in [2.05, 4.69) is 97.9 Å². The van der Waals surface area contributed by atoms with Gasteiger partial charge in [0.05, 0.1) is 14.5 Å². The molecule has 2 atom stereocenters. The number of hydrogen-bond donors (Lipinski definition) is 0. The van der Waals surface area contributed by atoms with E-state index in [4.69, 9.17) is 4.74 Å². The number of Topliss-reactive ketones (excluding diaryl/α,β-unsaturated/α-hetero) is 1. The van der Waals surface area contributed by atoms with Crippen LogP contribution in [0.5, 0.6) is 0 Å². The molecule has 0 saturated heterocycles. The second kappa shape index (κ2) is 21.9. The zero-order valence-electron chi connectivity index (χ0n) is 39.0. The van der Waals surface area contributed by atoms with Crippen molar-refractivity contribution in [1.82, 2.24) is 0 Å². The third-order valence-corrected chi connectivity index (χ3v) is 20.4. The fourth-order valence-electron chi connectivity index (χ4n) is 9.17. The number of rotatable bonds is 24. The first-order valence-electron chi connectivity index (χ1n) is 23.7. The van der Waals surface area contributed by atoms with Crippen LogP contribution in [0.2, 0.25) is 0 Å². The molecule has 0 amide bonds. The van der Waals surface area contributed by atoms with Crippen LogP contribution >= 0.6 is 68.0 Å². The van der Waals surface area contributed by atoms with E-state index in [0.29, 0.717) is 12.2 Å². The molecule has 8 heteroatoms. The summed E-state index contributed by atoms with van der Waals surface area (Å²) >= 11 is 11.8. The van der Waals surface area contributed by atoms with E-state index < -0.39 is 0 Å². The minimum Gasteiger partial charge on any atom is -0.385 e. The lowest BCUT2D eigenvalue weighted by Crippen LogP contribution is -2.08. The number of aryl methyl sites for hydroxylation is 1. The Balaban J connectivity index is 1.36. The van der Waals surface area contributed by atoms with Crippen LogP contribution in [0.3, 0.4) is 0 Å². The Hall–Kier alpha value is -2.17. The van der Waals surface area contributed by atoms with Crippen molar-refractivity contribution in [2.45, 2.75) is 164 Å². The number of ether oxygens (including phenoxy) is 1. The van der Waals surface area contributed by atoms with Crippen LogP contribution in [-0.4, -0.2) is 19.5 Å². The number of fused-ring (bicyclic) bond motifs is 3. The van der Waals surface area contributed by atoms with Crippen molar-refractivity contribution in [3.63, 3.8) is 0 Å². The SMILES string of the molecule is CCCCC(CC)Cc1ccc(-c2c3cc(-c4sc(C(C)(C)C)c5cc(C(=O)CCCCCCCOC)sc45)sc3c(-c3ccc(CC(CC)CCCC)s3)c3cc(C)sc23)s1. The lowest BCUT2D eigenvalue weighted by atomic mass is 9.92. The highest BCUT2D eigenvalue weighted by molar-refractivity contribution is 7.32. The fraction of sp³-hybridized carbons (Fsp3) is 0.537. The van der Waals surface area contributed by atoms with Crippen molar-refractivity contribution < 1.29 is 9.53 Å². The van der Waals surface area contributed by atoms with Crippen LogP contribution in [0, 0.1) is 18.8 Å². The Morgan fingerprint density at radius 1 is 0.613 bits per heavy atom. The van der Waals surface area contributed by atoms with Crippen LogP contribution in [0.15, 0.2) is 42.5 Å². The molecule has 0 fully saturated rings. The van der Waals surface area contributed by atoms with Gasteiger partial charge < -0.3 is 4.74 Å². The number of hydrogen-bond acceptors (Lipinski definition) is 8. The average molecular weight is 944 g/mol. The summed E-state index contributed by atoms with van der Waals surface area (Å²) in [5.74, 6) is 1.79. The number of ketones is 1. The Kier molecular flexibility index (Phi) is 16.9. The largest absolute Gasteiger partial charge is 0.385 e. The molecule has 62 heavy (non-hydrogen) atoms. The molecule has 1 aromatic carbocycles. The molecule has 6 aromatic heterocycles. The lowest BCUT2D eigenvalue weighted by Gasteiger charge is -2.16. The van der Waals surface area contributed by atoms with Gasteiger partial charge in [-0.3, -0.25) is 4.79 Å². The summed E-state index contributed by atoms with van der Waals surface area (Å²) in [7, 11) is 1.77. The minimum absolute atomic E-state index is 0.0282. The van der Waals surface area contributed by atoms with Gasteiger partial charge in [0, 0.05) is 91.0 Å². The molecule has 0 N–H and O–H groups in total. The minimum atomic E-state index is -0.0282. The highest BCUT2D eigenvalue weighted by atomic mass is 32.1. The Labute approximate surface area is 397 Å². The normalized spacial score (nSPS) is 13.4. The van der Waals surface area contributed by atoms with E-state index in [-0.39, 0.29) is 5.41 Å². The number of carbonyl (C=O) groups is 1. The van der Waals surface area contributed by atoms with E-state index in [1.165, 1.54) is 151 Å². The van der Waals surface area contributed by atoms with Crippen molar-refractivity contribution in [2.24, 2.45) is 11.8 Å². The average Bonchev–Trinajstić information content (AvgIpc) is 4.11. The van der Waals surface area contributed by atoms with Gasteiger partial charge in [-0.1, -0.05) is 119 Å². The zero-order chi connectivity index (χ0) is 44.0. The van der Waals surface area contributed by atoms with Crippen LogP contribution in [0.1, 0.15) is 168 Å². The number of thiophene rings is 6. The Morgan fingerprint density at radius 3 is 1.77 bits per heavy atom. The fourth-order valence-corrected chi connectivity index (χ4v) is 16.8. The number of benzene rings is 1. The number of carbonyl (C=O) groups excluding carboxylic acids is 1. The molecular weight excluding hydrogens is 873 g/mol. The van der Waals surface area contributed by atoms with Crippen LogP contribution in [0.25, 0.3) is 60.9 Å². The molecule has 0 aliphatic carbocycles. The molecule has 0 aliphatic heterocycles. The number of methoxy groups -OCH3 is 1. The lowest BCUT2D eigenvalue weighted by molar-refractivity contribution is 0.0983. The van der Waals surface area contributed by atoms with Gasteiger partial charge in [0.15, 0.2) is 5.78 Å². The summed E-state index contributed by atoms with van der Waals surface area (Å²) in [6.45, 7) is 19.5. The molecule has 7 aromatic rings. The predicted octanol–water partition coefficient (Wildman–Crippen LogP) is 19.8. The van der Waals surface area contributed by atoms with Crippen LogP contribution < -0.4 is 0 Å². The molecule has 0 saturated carbocycles. The van der Waals surface area contributed by atoms with Gasteiger partial charge in [-0.05, 0) is 92.3 Å². The summed E-state index contributed by atoms with van der Waals surface area (Å²) in [5, 5.41) is 4.09. The van der Waals surface area contributed by atoms with Gasteiger partial charge >= 0.3 is 0 Å². The summed E-state index contributed by atoms with van der Waals surface area (Å²) in [6.07, 6.45) is 18.8. The van der Waals surface area contributed by atoms with Gasteiger partial charge in [-0.25, -0.2) is 0 Å². The topological polar surface area (TPSA) is 26.3 Å². The molecular formula is C54H70O2S6. The van der Waals surface area contributed by atoms with Crippen molar-refractivity contribution in [3.8, 4) is 30.6 Å². The maximum atomic E-state index is 13.8. The molecule has 0 radical (unpaired) electrons. The van der Waals surface area contributed by atoms with Crippen LogP contribution in [-0.2, 0) is 23.0 Å². The van der Waals surface area contributed by atoms with E-state index in [1.54, 1.807) is 18.4 Å². The van der Waals surface area contributed by atoms with Crippen molar-refractivity contribution in [1.29, 1.82) is 0 Å². The summed E-state index contributed by atoms with van der Waals surface area (Å²) < 4.78 is 9.36. The first-order valence-corrected chi connectivity index (χ1v) is 28.6. The maximum Gasteiger partial charge on any atom is 0.172 e.